The molecule has 0 aliphatic carbocycles. The molecule has 0 spiro atoms. The van der Waals surface area contributed by atoms with Gasteiger partial charge in [-0.3, -0.25) is 10.1 Å². The molecule has 3 aromatic carbocycles. The summed E-state index contributed by atoms with van der Waals surface area (Å²) in [5.41, 5.74) is 4.51. The summed E-state index contributed by atoms with van der Waals surface area (Å²) in [6, 6.07) is 16.5. The monoisotopic (exact) mass is 527 g/mol. The largest absolute Gasteiger partial charge is 0.494 e. The van der Waals surface area contributed by atoms with Crippen molar-refractivity contribution in [1.29, 1.82) is 0 Å². The number of oxazole rings is 1. The van der Waals surface area contributed by atoms with Crippen LogP contribution in [-0.4, -0.2) is 23.1 Å². The number of fused-ring (bicyclic) bond motifs is 1. The fourth-order valence-corrected chi connectivity index (χ4v) is 4.36. The van der Waals surface area contributed by atoms with Gasteiger partial charge in [0.25, 0.3) is 5.91 Å². The number of ether oxygens (including phenoxy) is 1. The first kappa shape index (κ1) is 25.0. The quantitative estimate of drug-likeness (QED) is 0.253. The molecule has 180 valence electrons. The zero-order valence-corrected chi connectivity index (χ0v) is 21.6. The van der Waals surface area contributed by atoms with Gasteiger partial charge in [-0.05, 0) is 78.7 Å². The number of hydrogen-bond donors (Lipinski definition) is 2. The van der Waals surface area contributed by atoms with Gasteiger partial charge in [0.2, 0.25) is 5.89 Å². The average Bonchev–Trinajstić information content (AvgIpc) is 3.27. The Kier molecular flexibility index (Phi) is 7.60. The summed E-state index contributed by atoms with van der Waals surface area (Å²) in [4.78, 5) is 17.3. The molecule has 0 radical (unpaired) electrons. The number of thiocarbonyl (C=S) groups is 1. The van der Waals surface area contributed by atoms with Crippen LogP contribution in [-0.2, 0) is 0 Å². The van der Waals surface area contributed by atoms with Crippen molar-refractivity contribution < 1.29 is 13.9 Å². The molecule has 1 atom stereocenters. The zero-order valence-electron chi connectivity index (χ0n) is 19.3. The van der Waals surface area contributed by atoms with Crippen molar-refractivity contribution >= 4 is 63.2 Å². The van der Waals surface area contributed by atoms with Crippen molar-refractivity contribution in [1.82, 2.24) is 10.3 Å². The van der Waals surface area contributed by atoms with Crippen molar-refractivity contribution in [3.63, 3.8) is 0 Å². The topological polar surface area (TPSA) is 76.4 Å². The molecule has 9 heteroatoms. The minimum absolute atomic E-state index is 0.111. The number of carbonyl (C=O) groups is 1. The third kappa shape index (κ3) is 5.59. The number of anilines is 1. The highest BCUT2D eigenvalue weighted by Gasteiger charge is 2.18. The van der Waals surface area contributed by atoms with E-state index in [1.54, 1.807) is 0 Å². The van der Waals surface area contributed by atoms with Crippen LogP contribution in [0.4, 0.5) is 5.69 Å². The highest BCUT2D eigenvalue weighted by atomic mass is 35.5. The Balaban J connectivity index is 1.45. The van der Waals surface area contributed by atoms with E-state index in [-0.39, 0.29) is 21.4 Å². The van der Waals surface area contributed by atoms with Crippen LogP contribution in [0.25, 0.3) is 22.6 Å². The van der Waals surface area contributed by atoms with Crippen molar-refractivity contribution in [3.05, 3.63) is 75.8 Å². The molecule has 1 heterocycles. The van der Waals surface area contributed by atoms with E-state index in [2.05, 4.69) is 41.6 Å². The lowest BCUT2D eigenvalue weighted by Crippen LogP contribution is -2.34. The maximum atomic E-state index is 12.7. The van der Waals surface area contributed by atoms with Crippen molar-refractivity contribution in [2.45, 2.75) is 26.2 Å². The van der Waals surface area contributed by atoms with Gasteiger partial charge in [-0.1, -0.05) is 43.1 Å². The smallest absolute Gasteiger partial charge is 0.261 e. The molecule has 0 saturated heterocycles. The van der Waals surface area contributed by atoms with Crippen LogP contribution in [0.3, 0.4) is 0 Å². The second-order valence-electron chi connectivity index (χ2n) is 8.01. The standard InChI is InChI=1S/C26H23Cl2N3O3S/c1-4-14(2)16-7-10-22-21(11-16)30-25(34-22)15-5-8-18(9-6-15)29-26(35)31-24(32)19-12-17(27)13-20(28)23(19)33-3/h5-14H,4H2,1-3H3,(H2,29,31,32,35). The lowest BCUT2D eigenvalue weighted by Gasteiger charge is -2.13. The van der Waals surface area contributed by atoms with E-state index >= 15 is 0 Å². The van der Waals surface area contributed by atoms with Crippen LogP contribution >= 0.6 is 35.4 Å². The first-order valence-corrected chi connectivity index (χ1v) is 12.1. The molecule has 1 unspecified atom stereocenters. The van der Waals surface area contributed by atoms with E-state index in [0.717, 1.165) is 23.1 Å². The first-order valence-electron chi connectivity index (χ1n) is 10.9. The SMILES string of the molecule is CCC(C)c1ccc2oc(-c3ccc(NC(=S)NC(=O)c4cc(Cl)cc(Cl)c4OC)cc3)nc2c1. The molecule has 4 aromatic rings. The van der Waals surface area contributed by atoms with E-state index < -0.39 is 5.91 Å². The van der Waals surface area contributed by atoms with Crippen molar-refractivity contribution in [2.75, 3.05) is 12.4 Å². The molecule has 6 nitrogen and oxygen atoms in total. The van der Waals surface area contributed by atoms with E-state index in [9.17, 15) is 4.79 Å². The Morgan fingerprint density at radius 3 is 2.57 bits per heavy atom. The minimum Gasteiger partial charge on any atom is -0.494 e. The van der Waals surface area contributed by atoms with E-state index in [4.69, 9.17) is 44.6 Å². The summed E-state index contributed by atoms with van der Waals surface area (Å²) >= 11 is 17.4. The normalized spacial score (nSPS) is 11.8. The van der Waals surface area contributed by atoms with Crippen LogP contribution in [0.1, 0.15) is 42.1 Å². The number of nitrogens with zero attached hydrogens (tertiary/aromatic N) is 1. The molecule has 0 fully saturated rings. The summed E-state index contributed by atoms with van der Waals surface area (Å²) in [5.74, 6) is 0.721. The molecule has 0 aliphatic rings. The molecule has 1 aromatic heterocycles. The summed E-state index contributed by atoms with van der Waals surface area (Å²) in [6.45, 7) is 4.36. The van der Waals surface area contributed by atoms with E-state index in [1.807, 2.05) is 30.3 Å². The van der Waals surface area contributed by atoms with Crippen molar-refractivity contribution in [3.8, 4) is 17.2 Å². The summed E-state index contributed by atoms with van der Waals surface area (Å²) in [7, 11) is 1.42. The fourth-order valence-electron chi connectivity index (χ4n) is 3.58. The van der Waals surface area contributed by atoms with Gasteiger partial charge in [0, 0.05) is 16.3 Å². The lowest BCUT2D eigenvalue weighted by atomic mass is 9.98. The van der Waals surface area contributed by atoms with Crippen molar-refractivity contribution in [2.24, 2.45) is 0 Å². The Morgan fingerprint density at radius 2 is 1.89 bits per heavy atom. The van der Waals surface area contributed by atoms with Crippen LogP contribution in [0.2, 0.25) is 10.0 Å². The van der Waals surface area contributed by atoms with Crippen LogP contribution in [0, 0.1) is 0 Å². The highest BCUT2D eigenvalue weighted by molar-refractivity contribution is 7.80. The van der Waals surface area contributed by atoms with Crippen LogP contribution < -0.4 is 15.4 Å². The predicted molar refractivity (Wildman–Crippen MR) is 145 cm³/mol. The van der Waals surface area contributed by atoms with Crippen LogP contribution in [0.15, 0.2) is 59.0 Å². The Bertz CT molecular complexity index is 1400. The zero-order chi connectivity index (χ0) is 25.1. The number of rotatable bonds is 6. The van der Waals surface area contributed by atoms with Gasteiger partial charge in [0.15, 0.2) is 10.7 Å². The van der Waals surface area contributed by atoms with Gasteiger partial charge in [0.05, 0.1) is 17.7 Å². The first-order chi connectivity index (χ1) is 16.8. The number of halogens is 2. The summed E-state index contributed by atoms with van der Waals surface area (Å²) < 4.78 is 11.2. The molecule has 2 N–H and O–H groups in total. The maximum Gasteiger partial charge on any atom is 0.261 e. The van der Waals surface area contributed by atoms with Gasteiger partial charge < -0.3 is 14.5 Å². The summed E-state index contributed by atoms with van der Waals surface area (Å²) in [5, 5.41) is 6.25. The number of hydrogen-bond acceptors (Lipinski definition) is 5. The molecule has 4 rings (SSSR count). The third-order valence-corrected chi connectivity index (χ3v) is 6.37. The average molecular weight is 528 g/mol. The van der Waals surface area contributed by atoms with Gasteiger partial charge in [-0.2, -0.15) is 0 Å². The van der Waals surface area contributed by atoms with Crippen LogP contribution in [0.5, 0.6) is 5.75 Å². The second kappa shape index (κ2) is 10.6. The minimum atomic E-state index is -0.497. The van der Waals surface area contributed by atoms with Gasteiger partial charge in [0.1, 0.15) is 11.3 Å². The highest BCUT2D eigenvalue weighted by Crippen LogP contribution is 2.32. The molecule has 0 bridgehead atoms. The lowest BCUT2D eigenvalue weighted by molar-refractivity contribution is 0.0974. The molecular formula is C26H23Cl2N3O3S. The van der Waals surface area contributed by atoms with E-state index in [0.29, 0.717) is 22.5 Å². The molecule has 0 saturated carbocycles. The fraction of sp³-hybridized carbons (Fsp3) is 0.192. The number of nitrogens with one attached hydrogen (secondary N) is 2. The summed E-state index contributed by atoms with van der Waals surface area (Å²) in [6.07, 6.45) is 1.06. The number of benzene rings is 3. The third-order valence-electron chi connectivity index (χ3n) is 5.67. The number of carbonyl (C=O) groups excluding carboxylic acids is 1. The molecule has 35 heavy (non-hydrogen) atoms. The Morgan fingerprint density at radius 1 is 1.14 bits per heavy atom. The van der Waals surface area contributed by atoms with Gasteiger partial charge in [-0.15, -0.1) is 0 Å². The molecular weight excluding hydrogens is 505 g/mol. The molecule has 0 aliphatic heterocycles. The predicted octanol–water partition coefficient (Wildman–Crippen LogP) is 7.45. The number of aromatic nitrogens is 1. The molecule has 1 amide bonds. The van der Waals surface area contributed by atoms with Gasteiger partial charge in [-0.25, -0.2) is 4.98 Å². The Labute approximate surface area is 218 Å². The maximum absolute atomic E-state index is 12.7. The van der Waals surface area contributed by atoms with E-state index in [1.165, 1.54) is 24.8 Å². The Hall–Kier alpha value is -3.13. The second-order valence-corrected chi connectivity index (χ2v) is 9.26. The van der Waals surface area contributed by atoms with Gasteiger partial charge >= 0.3 is 0 Å². The number of methoxy groups -OCH3 is 1. The number of amides is 1.